The van der Waals surface area contributed by atoms with E-state index in [0.717, 1.165) is 38.2 Å². The lowest BCUT2D eigenvalue weighted by Crippen LogP contribution is -2.21. The fourth-order valence-corrected chi connectivity index (χ4v) is 2.67. The van der Waals surface area contributed by atoms with E-state index >= 15 is 0 Å². The Morgan fingerprint density at radius 3 is 2.33 bits per heavy atom. The van der Waals surface area contributed by atoms with Crippen LogP contribution in [0, 0.1) is 0 Å². The smallest absolute Gasteiger partial charge is 0.146 e. The molecule has 21 heavy (non-hydrogen) atoms. The molecule has 1 aliphatic rings. The van der Waals surface area contributed by atoms with Gasteiger partial charge in [0.15, 0.2) is 0 Å². The topological polar surface area (TPSA) is 21.3 Å². The van der Waals surface area contributed by atoms with Crippen molar-refractivity contribution in [3.05, 3.63) is 23.3 Å². The van der Waals surface area contributed by atoms with Crippen molar-refractivity contribution in [1.82, 2.24) is 0 Å². The maximum absolute atomic E-state index is 6.11. The number of hydrogen-bond acceptors (Lipinski definition) is 2. The summed E-state index contributed by atoms with van der Waals surface area (Å²) in [5.74, 6) is 1.08. The van der Waals surface area contributed by atoms with Crippen molar-refractivity contribution in [2.75, 3.05) is 18.5 Å². The molecule has 0 fully saturated rings. The van der Waals surface area contributed by atoms with Gasteiger partial charge in [0.05, 0.1) is 12.3 Å². The number of benzene rings is 1. The highest BCUT2D eigenvalue weighted by Crippen LogP contribution is 2.43. The van der Waals surface area contributed by atoms with Crippen LogP contribution in [0.15, 0.2) is 12.1 Å². The zero-order chi connectivity index (χ0) is 15.7. The van der Waals surface area contributed by atoms with Crippen LogP contribution in [-0.4, -0.2) is 13.2 Å². The van der Waals surface area contributed by atoms with Crippen molar-refractivity contribution in [3.8, 4) is 5.75 Å². The van der Waals surface area contributed by atoms with Crippen LogP contribution in [0.25, 0.3) is 0 Å². The van der Waals surface area contributed by atoms with Gasteiger partial charge in [-0.1, -0.05) is 47.6 Å². The molecule has 118 valence electrons. The fourth-order valence-electron chi connectivity index (χ4n) is 2.67. The summed E-state index contributed by atoms with van der Waals surface area (Å²) in [6, 6.07) is 4.69. The molecule has 2 heteroatoms. The summed E-state index contributed by atoms with van der Waals surface area (Å²) in [4.78, 5) is 0. The van der Waals surface area contributed by atoms with Gasteiger partial charge in [-0.05, 0) is 41.7 Å². The van der Waals surface area contributed by atoms with E-state index in [1.807, 2.05) is 0 Å². The summed E-state index contributed by atoms with van der Waals surface area (Å²) < 4.78 is 6.11. The predicted octanol–water partition coefficient (Wildman–Crippen LogP) is 5.26. The van der Waals surface area contributed by atoms with E-state index in [1.165, 1.54) is 16.8 Å². The van der Waals surface area contributed by atoms with Crippen molar-refractivity contribution in [3.63, 3.8) is 0 Å². The minimum absolute atomic E-state index is 0.135. The van der Waals surface area contributed by atoms with Gasteiger partial charge in [-0.2, -0.15) is 0 Å². The van der Waals surface area contributed by atoms with Crippen LogP contribution >= 0.6 is 0 Å². The first kappa shape index (κ1) is 16.2. The van der Waals surface area contributed by atoms with Crippen LogP contribution in [0.5, 0.6) is 5.75 Å². The lowest BCUT2D eigenvalue weighted by molar-refractivity contribution is 0.311. The summed E-state index contributed by atoms with van der Waals surface area (Å²) >= 11 is 0. The summed E-state index contributed by atoms with van der Waals surface area (Å²) in [5, 5.41) is 3.57. The molecule has 1 aromatic rings. The molecule has 0 aliphatic carbocycles. The highest BCUT2D eigenvalue weighted by molar-refractivity contribution is 5.65. The van der Waals surface area contributed by atoms with E-state index in [2.05, 4.69) is 59.0 Å². The van der Waals surface area contributed by atoms with E-state index in [0.29, 0.717) is 0 Å². The van der Waals surface area contributed by atoms with Gasteiger partial charge >= 0.3 is 0 Å². The molecule has 0 amide bonds. The van der Waals surface area contributed by atoms with Gasteiger partial charge in [0.25, 0.3) is 0 Å². The van der Waals surface area contributed by atoms with Crippen molar-refractivity contribution in [1.29, 1.82) is 0 Å². The van der Waals surface area contributed by atoms with Crippen LogP contribution in [0.3, 0.4) is 0 Å². The third-order valence-electron chi connectivity index (χ3n) is 5.25. The molecule has 0 unspecified atom stereocenters. The SMILES string of the molecule is CCC(C)(C)c1cc2c(c(C(C)(C)CC)c1)OCCCN2. The summed E-state index contributed by atoms with van der Waals surface area (Å²) in [7, 11) is 0. The van der Waals surface area contributed by atoms with Gasteiger partial charge in [-0.25, -0.2) is 0 Å². The highest BCUT2D eigenvalue weighted by atomic mass is 16.5. The Bertz CT molecular complexity index is 503. The second kappa shape index (κ2) is 5.90. The van der Waals surface area contributed by atoms with Crippen LogP contribution in [0.2, 0.25) is 0 Å². The molecular formula is C19H31NO. The molecule has 0 spiro atoms. The Morgan fingerprint density at radius 1 is 1.05 bits per heavy atom. The zero-order valence-corrected chi connectivity index (χ0v) is 14.6. The lowest BCUT2D eigenvalue weighted by atomic mass is 9.76. The first-order valence-electron chi connectivity index (χ1n) is 8.37. The van der Waals surface area contributed by atoms with Gasteiger partial charge in [0, 0.05) is 12.1 Å². The Hall–Kier alpha value is -1.18. The van der Waals surface area contributed by atoms with Crippen molar-refractivity contribution < 1.29 is 4.74 Å². The molecule has 1 aromatic carbocycles. The molecular weight excluding hydrogens is 258 g/mol. The van der Waals surface area contributed by atoms with Crippen molar-refractivity contribution in [2.24, 2.45) is 0 Å². The predicted molar refractivity (Wildman–Crippen MR) is 91.7 cm³/mol. The van der Waals surface area contributed by atoms with Crippen LogP contribution in [0.4, 0.5) is 5.69 Å². The molecule has 2 rings (SSSR count). The Balaban J connectivity index is 2.63. The Morgan fingerprint density at radius 2 is 1.71 bits per heavy atom. The Kier molecular flexibility index (Phi) is 4.55. The van der Waals surface area contributed by atoms with Gasteiger partial charge in [-0.3, -0.25) is 0 Å². The second-order valence-corrected chi connectivity index (χ2v) is 7.50. The number of fused-ring (bicyclic) bond motifs is 1. The van der Waals surface area contributed by atoms with E-state index in [9.17, 15) is 0 Å². The van der Waals surface area contributed by atoms with Crippen LogP contribution < -0.4 is 10.1 Å². The number of nitrogens with one attached hydrogen (secondary N) is 1. The average Bonchev–Trinajstić information content (AvgIpc) is 2.71. The monoisotopic (exact) mass is 289 g/mol. The molecule has 1 aliphatic heterocycles. The maximum Gasteiger partial charge on any atom is 0.146 e. The molecule has 0 saturated carbocycles. The van der Waals surface area contributed by atoms with Gasteiger partial charge in [0.2, 0.25) is 0 Å². The summed E-state index contributed by atoms with van der Waals surface area (Å²) in [5.41, 5.74) is 4.28. The molecule has 0 bridgehead atoms. The van der Waals surface area contributed by atoms with E-state index < -0.39 is 0 Å². The zero-order valence-electron chi connectivity index (χ0n) is 14.6. The first-order valence-corrected chi connectivity index (χ1v) is 8.37. The van der Waals surface area contributed by atoms with Gasteiger partial charge < -0.3 is 10.1 Å². The van der Waals surface area contributed by atoms with Gasteiger partial charge in [0.1, 0.15) is 5.75 Å². The molecule has 0 saturated heterocycles. The van der Waals surface area contributed by atoms with Crippen LogP contribution in [-0.2, 0) is 10.8 Å². The molecule has 0 atom stereocenters. The summed E-state index contributed by atoms with van der Waals surface area (Å²) in [6.45, 7) is 15.6. The number of hydrogen-bond donors (Lipinski definition) is 1. The normalized spacial score (nSPS) is 15.7. The van der Waals surface area contributed by atoms with E-state index in [-0.39, 0.29) is 10.8 Å². The molecule has 0 aromatic heterocycles. The quantitative estimate of drug-likeness (QED) is 0.816. The van der Waals surface area contributed by atoms with E-state index in [1.54, 1.807) is 0 Å². The standard InChI is InChI=1S/C19H31NO/c1-7-18(3,4)14-12-15(19(5,6)8-2)17-16(13-14)20-10-9-11-21-17/h12-13,20H,7-11H2,1-6H3. The summed E-state index contributed by atoms with van der Waals surface area (Å²) in [6.07, 6.45) is 3.31. The van der Waals surface area contributed by atoms with E-state index in [4.69, 9.17) is 4.74 Å². The van der Waals surface area contributed by atoms with Crippen molar-refractivity contribution >= 4 is 5.69 Å². The molecule has 0 radical (unpaired) electrons. The second-order valence-electron chi connectivity index (χ2n) is 7.50. The maximum atomic E-state index is 6.11. The third kappa shape index (κ3) is 3.20. The molecule has 1 heterocycles. The first-order chi connectivity index (χ1) is 9.81. The largest absolute Gasteiger partial charge is 0.491 e. The minimum atomic E-state index is 0.135. The molecule has 2 nitrogen and oxygen atoms in total. The van der Waals surface area contributed by atoms with Crippen LogP contribution in [0.1, 0.15) is 71.9 Å². The minimum Gasteiger partial charge on any atom is -0.491 e. The highest BCUT2D eigenvalue weighted by Gasteiger charge is 2.29. The third-order valence-corrected chi connectivity index (χ3v) is 5.25. The number of anilines is 1. The Labute approximate surface area is 130 Å². The average molecular weight is 289 g/mol. The number of ether oxygens (including phenoxy) is 1. The number of rotatable bonds is 4. The lowest BCUT2D eigenvalue weighted by Gasteiger charge is -2.31. The van der Waals surface area contributed by atoms with Crippen molar-refractivity contribution in [2.45, 2.75) is 71.6 Å². The fraction of sp³-hybridized carbons (Fsp3) is 0.684. The van der Waals surface area contributed by atoms with Gasteiger partial charge in [-0.15, -0.1) is 0 Å². The molecule has 1 N–H and O–H groups in total.